The van der Waals surface area contributed by atoms with Crippen LogP contribution in [0.5, 0.6) is 0 Å². The molecule has 0 aromatic heterocycles. The van der Waals surface area contributed by atoms with Crippen LogP contribution >= 0.6 is 0 Å². The molecular weight excluding hydrogens is 172 g/mol. The lowest BCUT2D eigenvalue weighted by Crippen LogP contribution is -2.06. The highest BCUT2D eigenvalue weighted by atomic mass is 16.5. The van der Waals surface area contributed by atoms with E-state index in [1.165, 1.54) is 38.5 Å². The maximum absolute atomic E-state index is 5.39. The molecule has 1 atom stereocenters. The highest BCUT2D eigenvalue weighted by Crippen LogP contribution is 2.12. The topological polar surface area (TPSA) is 9.23 Å². The van der Waals surface area contributed by atoms with Gasteiger partial charge in [0.25, 0.3) is 0 Å². The standard InChI is InChI=1S/C13H26O/c1-4-7-8-9-10-11-13(5-2)12-14-6-3/h5,13H,2,4,6-12H2,1,3H3. The van der Waals surface area contributed by atoms with Gasteiger partial charge in [-0.1, -0.05) is 45.1 Å². The molecule has 14 heavy (non-hydrogen) atoms. The van der Waals surface area contributed by atoms with Crippen LogP contribution < -0.4 is 0 Å². The number of ether oxygens (including phenoxy) is 1. The molecule has 0 fully saturated rings. The van der Waals surface area contributed by atoms with Crippen molar-refractivity contribution in [3.05, 3.63) is 12.7 Å². The molecule has 0 aliphatic carbocycles. The van der Waals surface area contributed by atoms with Crippen LogP contribution in [0, 0.1) is 5.92 Å². The van der Waals surface area contributed by atoms with Gasteiger partial charge in [0.15, 0.2) is 0 Å². The Balaban J connectivity index is 3.28. The summed E-state index contributed by atoms with van der Waals surface area (Å²) in [4.78, 5) is 0. The van der Waals surface area contributed by atoms with Gasteiger partial charge in [-0.05, 0) is 19.3 Å². The summed E-state index contributed by atoms with van der Waals surface area (Å²) in [6.45, 7) is 9.82. The Kier molecular flexibility index (Phi) is 10.5. The third-order valence-corrected chi connectivity index (χ3v) is 2.55. The molecular formula is C13H26O. The molecule has 0 aliphatic rings. The average molecular weight is 198 g/mol. The van der Waals surface area contributed by atoms with Gasteiger partial charge in [0.2, 0.25) is 0 Å². The molecule has 0 bridgehead atoms. The Bertz CT molecular complexity index is 120. The zero-order valence-electron chi connectivity index (χ0n) is 9.93. The highest BCUT2D eigenvalue weighted by Gasteiger charge is 2.03. The van der Waals surface area contributed by atoms with Gasteiger partial charge in [0.1, 0.15) is 0 Å². The number of hydrogen-bond acceptors (Lipinski definition) is 1. The maximum Gasteiger partial charge on any atom is 0.0528 e. The summed E-state index contributed by atoms with van der Waals surface area (Å²) in [6, 6.07) is 0. The second kappa shape index (κ2) is 10.8. The molecule has 1 heteroatoms. The van der Waals surface area contributed by atoms with Crippen molar-refractivity contribution in [2.75, 3.05) is 13.2 Å². The molecule has 1 unspecified atom stereocenters. The van der Waals surface area contributed by atoms with E-state index in [0.29, 0.717) is 5.92 Å². The third kappa shape index (κ3) is 8.31. The van der Waals surface area contributed by atoms with Crippen molar-refractivity contribution in [3.8, 4) is 0 Å². The molecule has 0 heterocycles. The Labute approximate surface area is 89.5 Å². The van der Waals surface area contributed by atoms with Crippen LogP contribution in [0.3, 0.4) is 0 Å². The van der Waals surface area contributed by atoms with Crippen LogP contribution in [-0.2, 0) is 4.74 Å². The number of rotatable bonds is 10. The monoisotopic (exact) mass is 198 g/mol. The maximum atomic E-state index is 5.39. The molecule has 0 saturated carbocycles. The van der Waals surface area contributed by atoms with Crippen LogP contribution in [0.25, 0.3) is 0 Å². The molecule has 84 valence electrons. The molecule has 0 rings (SSSR count). The van der Waals surface area contributed by atoms with Gasteiger partial charge in [0.05, 0.1) is 6.61 Å². The molecule has 0 aliphatic heterocycles. The van der Waals surface area contributed by atoms with Crippen LogP contribution in [0.15, 0.2) is 12.7 Å². The lowest BCUT2D eigenvalue weighted by Gasteiger charge is -2.11. The summed E-state index contributed by atoms with van der Waals surface area (Å²) in [5.41, 5.74) is 0. The van der Waals surface area contributed by atoms with Crippen LogP contribution in [0.4, 0.5) is 0 Å². The van der Waals surface area contributed by atoms with Gasteiger partial charge in [-0.25, -0.2) is 0 Å². The first-order valence-corrected chi connectivity index (χ1v) is 6.05. The first-order chi connectivity index (χ1) is 6.85. The number of unbranched alkanes of at least 4 members (excludes halogenated alkanes) is 4. The van der Waals surface area contributed by atoms with E-state index in [1.54, 1.807) is 0 Å². The lowest BCUT2D eigenvalue weighted by molar-refractivity contribution is 0.121. The van der Waals surface area contributed by atoms with Crippen molar-refractivity contribution < 1.29 is 4.74 Å². The molecule has 0 aromatic rings. The lowest BCUT2D eigenvalue weighted by atomic mass is 10.0. The highest BCUT2D eigenvalue weighted by molar-refractivity contribution is 4.78. The fraction of sp³-hybridized carbons (Fsp3) is 0.846. The Morgan fingerprint density at radius 3 is 2.43 bits per heavy atom. The fourth-order valence-electron chi connectivity index (χ4n) is 1.55. The van der Waals surface area contributed by atoms with Gasteiger partial charge in [-0.3, -0.25) is 0 Å². The summed E-state index contributed by atoms with van der Waals surface area (Å²) >= 11 is 0. The van der Waals surface area contributed by atoms with Crippen LogP contribution in [-0.4, -0.2) is 13.2 Å². The Morgan fingerprint density at radius 2 is 1.86 bits per heavy atom. The third-order valence-electron chi connectivity index (χ3n) is 2.55. The largest absolute Gasteiger partial charge is 0.381 e. The van der Waals surface area contributed by atoms with Crippen LogP contribution in [0.2, 0.25) is 0 Å². The smallest absolute Gasteiger partial charge is 0.0528 e. The molecule has 1 nitrogen and oxygen atoms in total. The Hall–Kier alpha value is -0.300. The van der Waals surface area contributed by atoms with E-state index in [1.807, 2.05) is 13.0 Å². The minimum Gasteiger partial charge on any atom is -0.381 e. The van der Waals surface area contributed by atoms with E-state index in [9.17, 15) is 0 Å². The normalized spacial score (nSPS) is 12.7. The number of hydrogen-bond donors (Lipinski definition) is 0. The van der Waals surface area contributed by atoms with Crippen molar-refractivity contribution in [3.63, 3.8) is 0 Å². The predicted molar refractivity (Wildman–Crippen MR) is 63.6 cm³/mol. The van der Waals surface area contributed by atoms with Gasteiger partial charge in [0, 0.05) is 6.61 Å². The van der Waals surface area contributed by atoms with Crippen LogP contribution in [0.1, 0.15) is 52.4 Å². The van der Waals surface area contributed by atoms with Gasteiger partial charge < -0.3 is 4.74 Å². The van der Waals surface area contributed by atoms with Crippen molar-refractivity contribution >= 4 is 0 Å². The van der Waals surface area contributed by atoms with E-state index < -0.39 is 0 Å². The van der Waals surface area contributed by atoms with Crippen molar-refractivity contribution in [1.29, 1.82) is 0 Å². The minimum absolute atomic E-state index is 0.566. The molecule has 0 aromatic carbocycles. The summed E-state index contributed by atoms with van der Waals surface area (Å²) in [5, 5.41) is 0. The SMILES string of the molecule is C=CC(CCCCCCC)COCC. The summed E-state index contributed by atoms with van der Waals surface area (Å²) < 4.78 is 5.39. The zero-order valence-corrected chi connectivity index (χ0v) is 9.93. The zero-order chi connectivity index (χ0) is 10.6. The summed E-state index contributed by atoms with van der Waals surface area (Å²) in [6.07, 6.45) is 10.1. The van der Waals surface area contributed by atoms with Gasteiger partial charge in [-0.2, -0.15) is 0 Å². The Morgan fingerprint density at radius 1 is 1.14 bits per heavy atom. The molecule has 0 radical (unpaired) electrons. The van der Waals surface area contributed by atoms with E-state index in [2.05, 4.69) is 13.5 Å². The quantitative estimate of drug-likeness (QED) is 0.378. The first kappa shape index (κ1) is 13.7. The second-order valence-electron chi connectivity index (χ2n) is 3.86. The van der Waals surface area contributed by atoms with Gasteiger partial charge in [-0.15, -0.1) is 6.58 Å². The first-order valence-electron chi connectivity index (χ1n) is 6.05. The summed E-state index contributed by atoms with van der Waals surface area (Å²) in [7, 11) is 0. The van der Waals surface area contributed by atoms with Crippen molar-refractivity contribution in [2.24, 2.45) is 5.92 Å². The summed E-state index contributed by atoms with van der Waals surface area (Å²) in [5.74, 6) is 0.566. The fourth-order valence-corrected chi connectivity index (χ4v) is 1.55. The van der Waals surface area contributed by atoms with E-state index in [0.717, 1.165) is 13.2 Å². The molecule has 0 amide bonds. The van der Waals surface area contributed by atoms with Gasteiger partial charge >= 0.3 is 0 Å². The molecule has 0 spiro atoms. The molecule has 0 saturated heterocycles. The van der Waals surface area contributed by atoms with E-state index >= 15 is 0 Å². The average Bonchev–Trinajstić information content (AvgIpc) is 2.22. The van der Waals surface area contributed by atoms with E-state index in [4.69, 9.17) is 4.74 Å². The molecule has 0 N–H and O–H groups in total. The minimum atomic E-state index is 0.566. The van der Waals surface area contributed by atoms with E-state index in [-0.39, 0.29) is 0 Å². The van der Waals surface area contributed by atoms with Crippen molar-refractivity contribution in [2.45, 2.75) is 52.4 Å². The predicted octanol–water partition coefficient (Wildman–Crippen LogP) is 4.19. The second-order valence-corrected chi connectivity index (χ2v) is 3.86. The van der Waals surface area contributed by atoms with Crippen molar-refractivity contribution in [1.82, 2.24) is 0 Å².